The summed E-state index contributed by atoms with van der Waals surface area (Å²) in [4.78, 5) is 10.8. The Morgan fingerprint density at radius 1 is 0.755 bits per heavy atom. The molecule has 0 radical (unpaired) electrons. The van der Waals surface area contributed by atoms with Gasteiger partial charge in [0.05, 0.1) is 11.8 Å². The second kappa shape index (κ2) is 11.7. The summed E-state index contributed by atoms with van der Waals surface area (Å²) in [6, 6.07) is 28.9. The highest BCUT2D eigenvalue weighted by atomic mass is 16.3. The van der Waals surface area contributed by atoms with Gasteiger partial charge in [0, 0.05) is 32.5 Å². The normalized spacial score (nSPS) is 14.2. The Labute approximate surface area is 290 Å². The van der Waals surface area contributed by atoms with Crippen molar-refractivity contribution in [2.24, 2.45) is 20.8 Å². The molecule has 0 aliphatic heterocycles. The molecule has 0 N–H and O–H groups in total. The Bertz CT molecular complexity index is 2470. The van der Waals surface area contributed by atoms with Crippen LogP contribution in [0.2, 0.25) is 0 Å². The van der Waals surface area contributed by atoms with Gasteiger partial charge in [-0.3, -0.25) is 4.99 Å². The number of aryl methyl sites for hydroxylation is 2. The summed E-state index contributed by atoms with van der Waals surface area (Å²) in [5.74, 6) is 0.860. The molecule has 0 bridgehead atoms. The number of amidine groups is 1. The molecule has 0 spiro atoms. The van der Waals surface area contributed by atoms with Crippen molar-refractivity contribution >= 4 is 65.8 Å². The van der Waals surface area contributed by atoms with E-state index in [1.807, 2.05) is 6.07 Å². The molecule has 1 heterocycles. The molecule has 0 saturated heterocycles. The first kappa shape index (κ1) is 32.8. The summed E-state index contributed by atoms with van der Waals surface area (Å²) in [5, 5.41) is 9.48. The van der Waals surface area contributed by atoms with Crippen molar-refractivity contribution in [3.05, 3.63) is 108 Å². The average Bonchev–Trinajstić information content (AvgIpc) is 3.41. The third-order valence-corrected chi connectivity index (χ3v) is 10.2. The number of para-hydroxylation sites is 1. The van der Waals surface area contributed by atoms with Crippen LogP contribution in [0, 0.1) is 24.7 Å². The second-order valence-electron chi connectivity index (χ2n) is 16.1. The third kappa shape index (κ3) is 5.44. The molecule has 0 aliphatic carbocycles. The van der Waals surface area contributed by atoms with Gasteiger partial charge < -0.3 is 4.42 Å². The van der Waals surface area contributed by atoms with Crippen LogP contribution < -0.4 is 0 Å². The smallest absolute Gasteiger partial charge is 0.143 e. The minimum Gasteiger partial charge on any atom is -0.455 e. The molecule has 0 saturated carbocycles. The van der Waals surface area contributed by atoms with Crippen LogP contribution >= 0.6 is 0 Å². The highest BCUT2D eigenvalue weighted by Crippen LogP contribution is 2.47. The topological polar surface area (TPSA) is 37.9 Å². The zero-order valence-corrected chi connectivity index (χ0v) is 30.8. The van der Waals surface area contributed by atoms with Crippen molar-refractivity contribution in [2.45, 2.75) is 81.7 Å². The summed E-state index contributed by atoms with van der Waals surface area (Å²) in [6.45, 7) is 26.6. The van der Waals surface area contributed by atoms with Crippen LogP contribution in [0.4, 0.5) is 0 Å². The molecule has 1 aromatic heterocycles. The van der Waals surface area contributed by atoms with Crippen LogP contribution in [0.1, 0.15) is 78.5 Å². The van der Waals surface area contributed by atoms with Crippen LogP contribution in [0.3, 0.4) is 0 Å². The molecular weight excluding hydrogens is 597 g/mol. The number of benzene rings is 6. The maximum atomic E-state index is 6.63. The van der Waals surface area contributed by atoms with Gasteiger partial charge in [-0.15, -0.1) is 0 Å². The number of hydrogen-bond donors (Lipinski definition) is 0. The predicted molar refractivity (Wildman–Crippen MR) is 214 cm³/mol. The van der Waals surface area contributed by atoms with Gasteiger partial charge in [0.15, 0.2) is 0 Å². The van der Waals surface area contributed by atoms with Crippen LogP contribution in [-0.2, 0) is 0 Å². The van der Waals surface area contributed by atoms with Gasteiger partial charge in [-0.05, 0) is 106 Å². The largest absolute Gasteiger partial charge is 0.455 e. The Morgan fingerprint density at radius 3 is 2.10 bits per heavy atom. The lowest BCUT2D eigenvalue weighted by Crippen LogP contribution is -2.29. The van der Waals surface area contributed by atoms with Crippen LogP contribution in [0.25, 0.3) is 65.4 Å². The lowest BCUT2D eigenvalue weighted by molar-refractivity contribution is 0.313. The van der Waals surface area contributed by atoms with Gasteiger partial charge in [0.25, 0.3) is 0 Å². The molecule has 3 heteroatoms. The number of hydrogen-bond acceptors (Lipinski definition) is 2. The Kier molecular flexibility index (Phi) is 7.82. The van der Waals surface area contributed by atoms with E-state index in [-0.39, 0.29) is 16.9 Å². The van der Waals surface area contributed by atoms with E-state index >= 15 is 0 Å². The summed E-state index contributed by atoms with van der Waals surface area (Å²) in [5.41, 5.74) is 9.62. The van der Waals surface area contributed by atoms with Gasteiger partial charge in [-0.1, -0.05) is 110 Å². The highest BCUT2D eigenvalue weighted by molar-refractivity contribution is 6.35. The van der Waals surface area contributed by atoms with Gasteiger partial charge in [0.2, 0.25) is 0 Å². The van der Waals surface area contributed by atoms with Crippen molar-refractivity contribution in [2.75, 3.05) is 0 Å². The quantitative estimate of drug-likeness (QED) is 0.104. The zero-order chi connectivity index (χ0) is 35.0. The average molecular weight is 645 g/mol. The first-order valence-corrected chi connectivity index (χ1v) is 17.6. The molecule has 248 valence electrons. The standard InChI is InChI=1S/C46H48N2O/c1-12-38(45(6,7)8)47-44(46(9,10)11)48-42(26(2)3)32-21-20-29-24-34(39-27(4)16-15-17-28(39)5)35-25-36-30-18-13-14-19-37(30)49-43(36)33-23-22-31(32)40(29)41(33)35/h13-25,38H,2,12H2,1,3-11H3. The van der Waals surface area contributed by atoms with E-state index in [1.54, 1.807) is 0 Å². The number of nitrogens with zero attached hydrogens (tertiary/aromatic N) is 2. The van der Waals surface area contributed by atoms with E-state index in [0.717, 1.165) is 61.8 Å². The monoisotopic (exact) mass is 644 g/mol. The zero-order valence-electron chi connectivity index (χ0n) is 30.8. The molecule has 1 unspecified atom stereocenters. The molecule has 3 nitrogen and oxygen atoms in total. The lowest BCUT2D eigenvalue weighted by atomic mass is 9.83. The van der Waals surface area contributed by atoms with Crippen molar-refractivity contribution in [1.82, 2.24) is 0 Å². The Balaban J connectivity index is 1.60. The number of allylic oxidation sites excluding steroid dienone is 1. The van der Waals surface area contributed by atoms with E-state index in [2.05, 4.69) is 149 Å². The molecule has 6 aromatic carbocycles. The molecule has 1 atom stereocenters. The fourth-order valence-electron chi connectivity index (χ4n) is 7.71. The second-order valence-corrected chi connectivity index (χ2v) is 16.1. The van der Waals surface area contributed by atoms with Gasteiger partial charge in [-0.2, -0.15) is 0 Å². The summed E-state index contributed by atoms with van der Waals surface area (Å²) in [7, 11) is 0. The van der Waals surface area contributed by atoms with Crippen LogP contribution in [-0.4, -0.2) is 17.6 Å². The van der Waals surface area contributed by atoms with Crippen molar-refractivity contribution in [3.63, 3.8) is 0 Å². The van der Waals surface area contributed by atoms with Crippen molar-refractivity contribution in [3.8, 4) is 11.1 Å². The highest BCUT2D eigenvalue weighted by Gasteiger charge is 2.28. The summed E-state index contributed by atoms with van der Waals surface area (Å²) in [6.07, 6.45) is 0.957. The molecular formula is C46H48N2O. The molecule has 0 amide bonds. The van der Waals surface area contributed by atoms with Crippen LogP contribution in [0.15, 0.2) is 105 Å². The minimum absolute atomic E-state index is 0.0340. The van der Waals surface area contributed by atoms with E-state index in [0.29, 0.717) is 0 Å². The maximum Gasteiger partial charge on any atom is 0.143 e. The van der Waals surface area contributed by atoms with Crippen molar-refractivity contribution in [1.29, 1.82) is 0 Å². The van der Waals surface area contributed by atoms with Crippen molar-refractivity contribution < 1.29 is 4.42 Å². The minimum atomic E-state index is -0.240. The molecule has 7 aromatic rings. The molecule has 49 heavy (non-hydrogen) atoms. The third-order valence-electron chi connectivity index (χ3n) is 10.2. The predicted octanol–water partition coefficient (Wildman–Crippen LogP) is 13.4. The number of rotatable bonds is 5. The Morgan fingerprint density at radius 2 is 1.45 bits per heavy atom. The fourth-order valence-corrected chi connectivity index (χ4v) is 7.71. The first-order chi connectivity index (χ1) is 23.2. The maximum absolute atomic E-state index is 6.63. The van der Waals surface area contributed by atoms with Gasteiger partial charge >= 0.3 is 0 Å². The van der Waals surface area contributed by atoms with Gasteiger partial charge in [-0.25, -0.2) is 4.99 Å². The van der Waals surface area contributed by atoms with E-state index in [4.69, 9.17) is 14.4 Å². The number of aliphatic imine (C=N–C) groups is 2. The number of furan rings is 1. The molecule has 7 rings (SSSR count). The number of fused-ring (bicyclic) bond motifs is 4. The molecule has 0 aliphatic rings. The van der Waals surface area contributed by atoms with Crippen LogP contribution in [0.5, 0.6) is 0 Å². The summed E-state index contributed by atoms with van der Waals surface area (Å²) < 4.78 is 6.63. The lowest BCUT2D eigenvalue weighted by Gasteiger charge is -2.29. The van der Waals surface area contributed by atoms with E-state index in [1.165, 1.54) is 43.8 Å². The van der Waals surface area contributed by atoms with E-state index in [9.17, 15) is 0 Å². The first-order valence-electron chi connectivity index (χ1n) is 17.6. The SMILES string of the molecule is C=C(C)C(=NC(=NC(CC)C(C)(C)C)C(C)(C)C)c1ccc2cc(-c3c(C)cccc3C)c3cc4c5ccccc5oc4c4ccc1c2c34. The van der Waals surface area contributed by atoms with Gasteiger partial charge in [0.1, 0.15) is 17.0 Å². The Hall–Kier alpha value is -4.76. The molecule has 0 fully saturated rings. The van der Waals surface area contributed by atoms with E-state index < -0.39 is 0 Å². The summed E-state index contributed by atoms with van der Waals surface area (Å²) >= 11 is 0. The fraction of sp³-hybridized carbons (Fsp3) is 0.304.